The maximum absolute atomic E-state index is 12.8. The second-order valence-corrected chi connectivity index (χ2v) is 10.9. The highest BCUT2D eigenvalue weighted by Gasteiger charge is 2.39. The molecule has 0 bridgehead atoms. The molecule has 0 aliphatic carbocycles. The molecule has 0 aromatic heterocycles. The maximum Gasteiger partial charge on any atom is 0.243 e. The van der Waals surface area contributed by atoms with Crippen LogP contribution in [0, 0.1) is 0 Å². The van der Waals surface area contributed by atoms with Crippen LogP contribution in [-0.4, -0.2) is 51.9 Å². The minimum absolute atomic E-state index is 0.0893. The summed E-state index contributed by atoms with van der Waals surface area (Å²) in [5.74, 6) is -0.479. The van der Waals surface area contributed by atoms with Gasteiger partial charge in [-0.15, -0.1) is 0 Å². The van der Waals surface area contributed by atoms with E-state index < -0.39 is 25.9 Å². The topological polar surface area (TPSA) is 101 Å². The molecule has 1 heterocycles. The van der Waals surface area contributed by atoms with Crippen molar-refractivity contribution in [3.63, 3.8) is 0 Å². The molecule has 9 heteroatoms. The van der Waals surface area contributed by atoms with Gasteiger partial charge in [0.25, 0.3) is 0 Å². The highest BCUT2D eigenvalue weighted by Crippen LogP contribution is 2.26. The summed E-state index contributed by atoms with van der Waals surface area (Å²) >= 11 is 0. The van der Waals surface area contributed by atoms with Gasteiger partial charge in [-0.3, -0.25) is 4.79 Å². The number of hydrogen-bond donors (Lipinski definition) is 1. The Bertz CT molecular complexity index is 1040. The number of nitrogens with zero attached hydrogens (tertiary/aromatic N) is 1. The number of sulfone groups is 1. The largest absolute Gasteiger partial charge is 0.355 e. The van der Waals surface area contributed by atoms with E-state index in [0.717, 1.165) is 0 Å². The normalized spacial score (nSPS) is 17.9. The van der Waals surface area contributed by atoms with Gasteiger partial charge in [0.1, 0.15) is 6.04 Å². The van der Waals surface area contributed by atoms with Gasteiger partial charge in [0.15, 0.2) is 9.84 Å². The summed E-state index contributed by atoms with van der Waals surface area (Å²) in [7, 11) is -7.15. The summed E-state index contributed by atoms with van der Waals surface area (Å²) in [4.78, 5) is 13.0. The van der Waals surface area contributed by atoms with Crippen LogP contribution < -0.4 is 5.32 Å². The lowest BCUT2D eigenvalue weighted by molar-refractivity contribution is -0.124. The molecular weight excluding hydrogens is 412 g/mol. The molecule has 0 spiro atoms. The van der Waals surface area contributed by atoms with Crippen LogP contribution in [0.1, 0.15) is 19.3 Å². The molecule has 1 amide bonds. The Kier molecular flexibility index (Phi) is 6.71. The Morgan fingerprint density at radius 1 is 0.931 bits per heavy atom. The number of amides is 1. The van der Waals surface area contributed by atoms with Gasteiger partial charge in [-0.1, -0.05) is 36.4 Å². The second kappa shape index (κ2) is 9.06. The number of sulfonamides is 1. The quantitative estimate of drug-likeness (QED) is 0.636. The van der Waals surface area contributed by atoms with Crippen molar-refractivity contribution in [1.29, 1.82) is 0 Å². The fraction of sp³-hybridized carbons (Fsp3) is 0.350. The van der Waals surface area contributed by atoms with E-state index in [0.29, 0.717) is 12.8 Å². The number of rotatable bonds is 8. The van der Waals surface area contributed by atoms with Gasteiger partial charge >= 0.3 is 0 Å². The van der Waals surface area contributed by atoms with Crippen LogP contribution in [0.5, 0.6) is 0 Å². The van der Waals surface area contributed by atoms with E-state index in [4.69, 9.17) is 0 Å². The maximum atomic E-state index is 12.8. The average Bonchev–Trinajstić information content (AvgIpc) is 3.23. The summed E-state index contributed by atoms with van der Waals surface area (Å²) < 4.78 is 51.4. The van der Waals surface area contributed by atoms with Crippen molar-refractivity contribution < 1.29 is 21.6 Å². The van der Waals surface area contributed by atoms with Crippen molar-refractivity contribution in [2.24, 2.45) is 0 Å². The zero-order valence-electron chi connectivity index (χ0n) is 15.9. The number of carbonyl (C=O) groups is 1. The van der Waals surface area contributed by atoms with E-state index in [-0.39, 0.29) is 41.0 Å². The third-order valence-electron chi connectivity index (χ3n) is 4.85. The first-order chi connectivity index (χ1) is 13.8. The molecule has 156 valence electrons. The third-order valence-corrected chi connectivity index (χ3v) is 8.59. The third kappa shape index (κ3) is 5.04. The van der Waals surface area contributed by atoms with Crippen LogP contribution >= 0.6 is 0 Å². The van der Waals surface area contributed by atoms with Gasteiger partial charge in [-0.25, -0.2) is 16.8 Å². The lowest BCUT2D eigenvalue weighted by Gasteiger charge is -2.23. The molecule has 1 unspecified atom stereocenters. The van der Waals surface area contributed by atoms with E-state index in [1.165, 1.54) is 16.4 Å². The Morgan fingerprint density at radius 2 is 1.52 bits per heavy atom. The second-order valence-electron chi connectivity index (χ2n) is 6.86. The van der Waals surface area contributed by atoms with E-state index in [1.54, 1.807) is 48.5 Å². The van der Waals surface area contributed by atoms with E-state index in [9.17, 15) is 21.6 Å². The van der Waals surface area contributed by atoms with E-state index in [2.05, 4.69) is 5.32 Å². The van der Waals surface area contributed by atoms with Gasteiger partial charge in [-0.2, -0.15) is 4.31 Å². The monoisotopic (exact) mass is 436 g/mol. The number of benzene rings is 2. The van der Waals surface area contributed by atoms with Gasteiger partial charge in [0, 0.05) is 13.1 Å². The number of nitrogens with one attached hydrogen (secondary N) is 1. The van der Waals surface area contributed by atoms with Crippen LogP contribution in [0.3, 0.4) is 0 Å². The van der Waals surface area contributed by atoms with Crippen molar-refractivity contribution in [2.75, 3.05) is 18.8 Å². The number of hydrogen-bond acceptors (Lipinski definition) is 5. The Balaban J connectivity index is 1.57. The fourth-order valence-corrected chi connectivity index (χ4v) is 6.36. The van der Waals surface area contributed by atoms with Crippen LogP contribution in [0.2, 0.25) is 0 Å². The molecule has 3 rings (SSSR count). The molecule has 1 N–H and O–H groups in total. The van der Waals surface area contributed by atoms with E-state index in [1.807, 2.05) is 0 Å². The van der Waals surface area contributed by atoms with Crippen LogP contribution in [0.15, 0.2) is 70.5 Å². The molecule has 0 saturated carbocycles. The Hall–Kier alpha value is -2.23. The molecule has 1 fully saturated rings. The molecule has 7 nitrogen and oxygen atoms in total. The van der Waals surface area contributed by atoms with Crippen molar-refractivity contribution >= 4 is 25.8 Å². The average molecular weight is 437 g/mol. The standard InChI is InChI=1S/C20H24N2O5S2/c23-20(21-14-8-16-28(24,25)17-9-3-1-4-10-17)19-13-7-15-22(19)29(26,27)18-11-5-2-6-12-18/h1-6,9-12,19H,7-8,13-16H2,(H,21,23). The predicted molar refractivity (Wildman–Crippen MR) is 109 cm³/mol. The summed E-state index contributed by atoms with van der Waals surface area (Å²) in [5, 5.41) is 2.69. The summed E-state index contributed by atoms with van der Waals surface area (Å²) in [5.41, 5.74) is 0. The molecule has 1 atom stereocenters. The molecule has 1 saturated heterocycles. The summed E-state index contributed by atoms with van der Waals surface area (Å²) in [6.45, 7) is 0.457. The van der Waals surface area contributed by atoms with Crippen molar-refractivity contribution in [3.8, 4) is 0 Å². The van der Waals surface area contributed by atoms with Gasteiger partial charge in [0.05, 0.1) is 15.5 Å². The molecular formula is C20H24N2O5S2. The van der Waals surface area contributed by atoms with Gasteiger partial charge < -0.3 is 5.32 Å². The molecule has 1 aliphatic rings. The van der Waals surface area contributed by atoms with Crippen molar-refractivity contribution in [2.45, 2.75) is 35.1 Å². The highest BCUT2D eigenvalue weighted by molar-refractivity contribution is 7.91. The Labute approximate surface area is 171 Å². The zero-order chi connectivity index (χ0) is 20.9. The van der Waals surface area contributed by atoms with Crippen molar-refractivity contribution in [3.05, 3.63) is 60.7 Å². The number of carbonyl (C=O) groups excluding carboxylic acids is 1. The fourth-order valence-electron chi connectivity index (χ4n) is 3.35. The summed E-state index contributed by atoms with van der Waals surface area (Å²) in [6, 6.07) is 15.4. The minimum Gasteiger partial charge on any atom is -0.355 e. The molecule has 2 aromatic rings. The first kappa shape index (κ1) is 21.5. The Morgan fingerprint density at radius 3 is 2.14 bits per heavy atom. The molecule has 1 aliphatic heterocycles. The van der Waals surface area contributed by atoms with Gasteiger partial charge in [0.2, 0.25) is 15.9 Å². The van der Waals surface area contributed by atoms with Crippen LogP contribution in [0.4, 0.5) is 0 Å². The minimum atomic E-state index is -3.75. The van der Waals surface area contributed by atoms with Crippen molar-refractivity contribution in [1.82, 2.24) is 9.62 Å². The van der Waals surface area contributed by atoms with E-state index >= 15 is 0 Å². The smallest absolute Gasteiger partial charge is 0.243 e. The van der Waals surface area contributed by atoms with Crippen LogP contribution in [0.25, 0.3) is 0 Å². The van der Waals surface area contributed by atoms with Gasteiger partial charge in [-0.05, 0) is 43.5 Å². The first-order valence-electron chi connectivity index (χ1n) is 9.45. The van der Waals surface area contributed by atoms with Crippen LogP contribution in [-0.2, 0) is 24.7 Å². The zero-order valence-corrected chi connectivity index (χ0v) is 17.5. The molecule has 29 heavy (non-hydrogen) atoms. The predicted octanol–water partition coefficient (Wildman–Crippen LogP) is 1.82. The molecule has 2 aromatic carbocycles. The SMILES string of the molecule is O=C(NCCCS(=O)(=O)c1ccccc1)C1CCCN1S(=O)(=O)c1ccccc1. The lowest BCUT2D eigenvalue weighted by atomic mass is 10.2. The summed E-state index contributed by atoms with van der Waals surface area (Å²) in [6.07, 6.45) is 1.30. The highest BCUT2D eigenvalue weighted by atomic mass is 32.2. The molecule has 0 radical (unpaired) electrons. The first-order valence-corrected chi connectivity index (χ1v) is 12.5. The lowest BCUT2D eigenvalue weighted by Crippen LogP contribution is -2.46.